The van der Waals surface area contributed by atoms with Gasteiger partial charge in [0.1, 0.15) is 0 Å². The van der Waals surface area contributed by atoms with E-state index in [1.165, 1.54) is 5.56 Å². The fourth-order valence-electron chi connectivity index (χ4n) is 1.20. The van der Waals surface area contributed by atoms with Crippen LogP contribution in [-0.2, 0) is 6.54 Å². The molecule has 0 radical (unpaired) electrons. The monoisotopic (exact) mass is 178 g/mol. The number of rotatable bonds is 2. The van der Waals surface area contributed by atoms with Gasteiger partial charge in [-0.05, 0) is 5.56 Å². The lowest BCUT2D eigenvalue weighted by atomic mass is 10.2. The summed E-state index contributed by atoms with van der Waals surface area (Å²) >= 11 is 0. The van der Waals surface area contributed by atoms with Gasteiger partial charge in [0.25, 0.3) is 6.29 Å². The van der Waals surface area contributed by atoms with Gasteiger partial charge in [0.05, 0.1) is 6.54 Å². The Bertz CT molecular complexity index is 297. The fraction of sp³-hybridized carbons (Fsp3) is 0.250. The summed E-state index contributed by atoms with van der Waals surface area (Å²) in [5.74, 6) is 0. The van der Waals surface area contributed by atoms with Crippen molar-refractivity contribution < 1.29 is 5.73 Å². The normalized spacial score (nSPS) is 21.8. The molecule has 5 heteroatoms. The molecule has 1 aromatic rings. The summed E-state index contributed by atoms with van der Waals surface area (Å²) in [6.45, 7) is 0.766. The van der Waals surface area contributed by atoms with Gasteiger partial charge in [-0.1, -0.05) is 40.7 Å². The zero-order valence-electron chi connectivity index (χ0n) is 7.22. The molecular weight excluding hydrogens is 166 g/mol. The second-order valence-electron chi connectivity index (χ2n) is 2.91. The van der Waals surface area contributed by atoms with Crippen LogP contribution in [0.1, 0.15) is 5.56 Å². The number of quaternary nitrogens is 1. The van der Waals surface area contributed by atoms with Gasteiger partial charge in [-0.15, -0.1) is 5.01 Å². The summed E-state index contributed by atoms with van der Waals surface area (Å²) in [6, 6.07) is 10.1. The predicted molar refractivity (Wildman–Crippen MR) is 46.7 cm³/mol. The van der Waals surface area contributed by atoms with Crippen LogP contribution in [0.25, 0.3) is 0 Å². The second-order valence-corrected chi connectivity index (χ2v) is 2.91. The summed E-state index contributed by atoms with van der Waals surface area (Å²) in [5.41, 5.74) is 7.82. The van der Waals surface area contributed by atoms with Gasteiger partial charge in [-0.25, -0.2) is 5.53 Å². The van der Waals surface area contributed by atoms with E-state index in [9.17, 15) is 0 Å². The molecule has 1 heterocycles. The smallest absolute Gasteiger partial charge is 0.277 e. The fourth-order valence-corrected chi connectivity index (χ4v) is 1.20. The SMILES string of the molecule is [NH3+]C1N=NNN1Cc1ccccc1. The summed E-state index contributed by atoms with van der Waals surface area (Å²) < 4.78 is 0. The van der Waals surface area contributed by atoms with E-state index in [0.29, 0.717) is 0 Å². The van der Waals surface area contributed by atoms with E-state index >= 15 is 0 Å². The van der Waals surface area contributed by atoms with Crippen molar-refractivity contribution in [2.75, 3.05) is 0 Å². The molecular formula is C8H12N5+. The molecule has 0 aromatic heterocycles. The maximum atomic E-state index is 3.84. The molecule has 0 bridgehead atoms. The first kappa shape index (κ1) is 8.15. The molecule has 1 aliphatic heterocycles. The van der Waals surface area contributed by atoms with Gasteiger partial charge >= 0.3 is 0 Å². The van der Waals surface area contributed by atoms with E-state index in [2.05, 4.69) is 33.7 Å². The van der Waals surface area contributed by atoms with Gasteiger partial charge in [-0.3, -0.25) is 0 Å². The molecule has 13 heavy (non-hydrogen) atoms. The van der Waals surface area contributed by atoms with E-state index < -0.39 is 0 Å². The van der Waals surface area contributed by atoms with Gasteiger partial charge in [-0.2, -0.15) is 0 Å². The van der Waals surface area contributed by atoms with E-state index in [4.69, 9.17) is 0 Å². The number of benzene rings is 1. The molecule has 1 aliphatic rings. The van der Waals surface area contributed by atoms with Crippen molar-refractivity contribution >= 4 is 0 Å². The van der Waals surface area contributed by atoms with Crippen LogP contribution in [0, 0.1) is 0 Å². The number of hydrogen-bond acceptors (Lipinski definition) is 4. The third-order valence-electron chi connectivity index (χ3n) is 1.92. The Labute approximate surface area is 76.2 Å². The molecule has 0 aliphatic carbocycles. The molecule has 0 fully saturated rings. The highest BCUT2D eigenvalue weighted by molar-refractivity contribution is 5.14. The summed E-state index contributed by atoms with van der Waals surface area (Å²) in [7, 11) is 0. The first-order chi connectivity index (χ1) is 6.36. The van der Waals surface area contributed by atoms with Crippen molar-refractivity contribution in [3.63, 3.8) is 0 Å². The Balaban J connectivity index is 1.99. The Morgan fingerprint density at radius 2 is 2.15 bits per heavy atom. The number of nitrogens with zero attached hydrogens (tertiary/aromatic N) is 3. The number of nitrogens with one attached hydrogen (secondary N) is 1. The van der Waals surface area contributed by atoms with Crippen molar-refractivity contribution in [1.29, 1.82) is 0 Å². The lowest BCUT2D eigenvalue weighted by molar-refractivity contribution is -0.456. The molecule has 1 unspecified atom stereocenters. The standard InChI is InChI=1S/C8H11N5/c9-8-10-11-12-13(8)6-7-4-2-1-3-5-7/h1-5,8H,6,9H2,(H,10,12)/p+1. The number of hydrazine groups is 1. The Hall–Kier alpha value is -1.46. The molecule has 5 nitrogen and oxygen atoms in total. The molecule has 0 saturated carbocycles. The highest BCUT2D eigenvalue weighted by Gasteiger charge is 2.20. The highest BCUT2D eigenvalue weighted by Crippen LogP contribution is 2.06. The topological polar surface area (TPSA) is 67.6 Å². The first-order valence-corrected chi connectivity index (χ1v) is 4.15. The summed E-state index contributed by atoms with van der Waals surface area (Å²) in [4.78, 5) is 0. The molecule has 0 spiro atoms. The highest BCUT2D eigenvalue weighted by atomic mass is 15.8. The van der Waals surface area contributed by atoms with Gasteiger partial charge in [0.15, 0.2) is 0 Å². The molecule has 0 amide bonds. The van der Waals surface area contributed by atoms with Crippen LogP contribution >= 0.6 is 0 Å². The zero-order chi connectivity index (χ0) is 9.10. The van der Waals surface area contributed by atoms with Gasteiger partial charge in [0, 0.05) is 0 Å². The van der Waals surface area contributed by atoms with Crippen molar-refractivity contribution in [3.05, 3.63) is 35.9 Å². The maximum absolute atomic E-state index is 3.84. The molecule has 0 saturated heterocycles. The van der Waals surface area contributed by atoms with Crippen molar-refractivity contribution in [3.8, 4) is 0 Å². The van der Waals surface area contributed by atoms with E-state index in [-0.39, 0.29) is 6.29 Å². The summed E-state index contributed by atoms with van der Waals surface area (Å²) in [6.07, 6.45) is -0.125. The minimum Gasteiger partial charge on any atom is -0.320 e. The first-order valence-electron chi connectivity index (χ1n) is 4.15. The van der Waals surface area contributed by atoms with Crippen molar-refractivity contribution in [2.24, 2.45) is 10.3 Å². The average Bonchev–Trinajstić information content (AvgIpc) is 2.54. The lowest BCUT2D eigenvalue weighted by Crippen LogP contribution is -2.67. The maximum Gasteiger partial charge on any atom is 0.277 e. The van der Waals surface area contributed by atoms with Crippen molar-refractivity contribution in [2.45, 2.75) is 12.8 Å². The van der Waals surface area contributed by atoms with E-state index in [0.717, 1.165) is 6.54 Å². The van der Waals surface area contributed by atoms with Crippen molar-refractivity contribution in [1.82, 2.24) is 10.5 Å². The van der Waals surface area contributed by atoms with Crippen LogP contribution in [0.15, 0.2) is 40.7 Å². The van der Waals surface area contributed by atoms with Crippen LogP contribution in [0.5, 0.6) is 0 Å². The third kappa shape index (κ3) is 1.82. The van der Waals surface area contributed by atoms with Crippen LogP contribution in [0.2, 0.25) is 0 Å². The van der Waals surface area contributed by atoms with E-state index in [1.54, 1.807) is 0 Å². The Morgan fingerprint density at radius 3 is 2.77 bits per heavy atom. The minimum atomic E-state index is -0.125. The molecule has 68 valence electrons. The van der Waals surface area contributed by atoms with Crippen LogP contribution < -0.4 is 11.3 Å². The van der Waals surface area contributed by atoms with Crippen LogP contribution in [-0.4, -0.2) is 11.3 Å². The lowest BCUT2D eigenvalue weighted by Gasteiger charge is -2.14. The minimum absolute atomic E-state index is 0.125. The molecule has 4 N–H and O–H groups in total. The van der Waals surface area contributed by atoms with Gasteiger partial charge in [0.2, 0.25) is 0 Å². The second kappa shape index (κ2) is 3.51. The Kier molecular flexibility index (Phi) is 2.20. The average molecular weight is 178 g/mol. The summed E-state index contributed by atoms with van der Waals surface area (Å²) in [5, 5.41) is 9.39. The van der Waals surface area contributed by atoms with Crippen LogP contribution in [0.4, 0.5) is 0 Å². The third-order valence-corrected chi connectivity index (χ3v) is 1.92. The largest absolute Gasteiger partial charge is 0.320 e. The molecule has 1 atom stereocenters. The Morgan fingerprint density at radius 1 is 1.38 bits per heavy atom. The van der Waals surface area contributed by atoms with Gasteiger partial charge < -0.3 is 5.73 Å². The molecule has 1 aromatic carbocycles. The zero-order valence-corrected chi connectivity index (χ0v) is 7.22. The number of hydrogen-bond donors (Lipinski definition) is 2. The molecule has 2 rings (SSSR count). The van der Waals surface area contributed by atoms with Crippen LogP contribution in [0.3, 0.4) is 0 Å². The quantitative estimate of drug-likeness (QED) is 0.664. The van der Waals surface area contributed by atoms with E-state index in [1.807, 2.05) is 23.2 Å². The predicted octanol–water partition coefficient (Wildman–Crippen LogP) is -0.101.